The molecule has 1 aliphatic heterocycles. The Morgan fingerprint density at radius 3 is 1.87 bits per heavy atom. The highest BCUT2D eigenvalue weighted by Gasteiger charge is 2.38. The van der Waals surface area contributed by atoms with Gasteiger partial charge in [0.05, 0.1) is 50.0 Å². The summed E-state index contributed by atoms with van der Waals surface area (Å²) in [7, 11) is 0. The molecule has 0 bridgehead atoms. The molecule has 3 heterocycles. The van der Waals surface area contributed by atoms with Gasteiger partial charge in [0.25, 0.3) is 0 Å². The molecule has 2 aliphatic rings. The van der Waals surface area contributed by atoms with Gasteiger partial charge in [0.1, 0.15) is 24.0 Å². The number of rotatable bonds is 10. The van der Waals surface area contributed by atoms with Gasteiger partial charge in [0.15, 0.2) is 0 Å². The van der Waals surface area contributed by atoms with Crippen molar-refractivity contribution in [2.45, 2.75) is 84.4 Å². The molecule has 0 radical (unpaired) electrons. The SMILES string of the molecule is [2H]c1c([2H])c([2H])c(-c2cnc(-n3c4ccccc4c4ccc(Oc5cccc(N6CN(c7c(-c8c([2H])c(-c9ccccc9)c([2H])c(-c9c([2H])c([2H])c([2H])c([2H])c9[2H])c8[2H])cc(C(C)(C)C)cc7-c7c([2H])c([2H])c8c(c7[2H])C(C)(C)CCC8(C)C)c7ccccc76)c5)cc43)cc2C([2H])([2H])[2H])c([2H])c1[2H]. The molecule has 14 rings (SSSR count). The molecule has 84 heavy (non-hydrogen) atoms. The van der Waals surface area contributed by atoms with Crippen molar-refractivity contribution in [1.82, 2.24) is 9.55 Å². The second-order valence-corrected chi connectivity index (χ2v) is 24.0. The Labute approximate surface area is 521 Å². The van der Waals surface area contributed by atoms with E-state index in [2.05, 4.69) is 32.6 Å². The summed E-state index contributed by atoms with van der Waals surface area (Å²) in [4.78, 5) is 8.81. The van der Waals surface area contributed by atoms with Gasteiger partial charge >= 0.3 is 0 Å². The van der Waals surface area contributed by atoms with Crippen LogP contribution >= 0.6 is 0 Å². The molecule has 0 saturated carbocycles. The van der Waals surface area contributed by atoms with Crippen LogP contribution in [-0.4, -0.2) is 16.2 Å². The third-order valence-electron chi connectivity index (χ3n) is 16.5. The normalized spacial score (nSPS) is 17.8. The molecular formula is C79H70N4O. The molecule has 12 aromatic rings. The van der Waals surface area contributed by atoms with E-state index in [0.717, 1.165) is 17.2 Å². The Morgan fingerprint density at radius 1 is 0.500 bits per heavy atom. The first-order chi connectivity index (χ1) is 48.5. The van der Waals surface area contributed by atoms with Crippen molar-refractivity contribution in [2.24, 2.45) is 0 Å². The minimum atomic E-state index is -2.83. The van der Waals surface area contributed by atoms with Gasteiger partial charge in [-0.1, -0.05) is 194 Å². The highest BCUT2D eigenvalue weighted by molar-refractivity contribution is 6.09. The number of aryl methyl sites for hydroxylation is 1. The number of fused-ring (bicyclic) bond motifs is 5. The fourth-order valence-electron chi connectivity index (χ4n) is 11.9. The van der Waals surface area contributed by atoms with Crippen LogP contribution in [0.4, 0.5) is 22.7 Å². The molecule has 0 N–H and O–H groups in total. The van der Waals surface area contributed by atoms with E-state index in [0.29, 0.717) is 79.5 Å². The fourth-order valence-corrected chi connectivity index (χ4v) is 11.9. The van der Waals surface area contributed by atoms with E-state index in [-0.39, 0.29) is 86.7 Å². The van der Waals surface area contributed by atoms with Crippen molar-refractivity contribution in [3.05, 3.63) is 265 Å². The number of hydrogen-bond acceptors (Lipinski definition) is 4. The quantitative estimate of drug-likeness (QED) is 0.137. The van der Waals surface area contributed by atoms with Gasteiger partial charge in [-0.2, -0.15) is 0 Å². The highest BCUT2D eigenvalue weighted by atomic mass is 16.5. The van der Waals surface area contributed by atoms with Gasteiger partial charge in [0, 0.05) is 55.6 Å². The number of anilines is 4. The van der Waals surface area contributed by atoms with E-state index >= 15 is 0 Å². The van der Waals surface area contributed by atoms with Crippen molar-refractivity contribution in [1.29, 1.82) is 0 Å². The molecule has 0 unspecified atom stereocenters. The van der Waals surface area contributed by atoms with Gasteiger partial charge < -0.3 is 14.5 Å². The summed E-state index contributed by atoms with van der Waals surface area (Å²) in [5, 5.41) is 1.58. The zero-order chi connectivity index (χ0) is 73.9. The van der Waals surface area contributed by atoms with Gasteiger partial charge in [-0.25, -0.2) is 4.98 Å². The first-order valence-corrected chi connectivity index (χ1v) is 28.2. The van der Waals surface area contributed by atoms with Crippen LogP contribution < -0.4 is 14.5 Å². The topological polar surface area (TPSA) is 33.5 Å². The molecular weight excluding hydrogens is 1020 g/mol. The van der Waals surface area contributed by atoms with Crippen molar-refractivity contribution in [3.8, 4) is 73.0 Å². The summed E-state index contributed by atoms with van der Waals surface area (Å²) in [5.41, 5.74) is 3.34. The van der Waals surface area contributed by atoms with Gasteiger partial charge in [0.2, 0.25) is 0 Å². The van der Waals surface area contributed by atoms with Gasteiger partial charge in [-0.3, -0.25) is 4.57 Å². The average Bonchev–Trinajstić information content (AvgIpc) is 1.28. The summed E-state index contributed by atoms with van der Waals surface area (Å²) < 4.78 is 184. The van der Waals surface area contributed by atoms with Gasteiger partial charge in [-0.15, -0.1) is 0 Å². The molecule has 0 saturated heterocycles. The maximum absolute atomic E-state index is 10.6. The highest BCUT2D eigenvalue weighted by Crippen LogP contribution is 2.54. The molecule has 5 nitrogen and oxygen atoms in total. The predicted octanol–water partition coefficient (Wildman–Crippen LogP) is 21.5. The zero-order valence-corrected chi connectivity index (χ0v) is 47.7. The molecule has 5 heteroatoms. The minimum absolute atomic E-state index is 0.0145. The number of hydrogen-bond donors (Lipinski definition) is 0. The molecule has 0 spiro atoms. The number of benzene rings is 10. The van der Waals surface area contributed by atoms with E-state index in [1.807, 2.05) is 123 Å². The summed E-state index contributed by atoms with van der Waals surface area (Å²) in [6.07, 6.45) is 2.65. The number of pyridine rings is 1. The molecule has 10 aromatic carbocycles. The van der Waals surface area contributed by atoms with Crippen LogP contribution in [0.25, 0.3) is 83.3 Å². The fraction of sp³-hybridized carbons (Fsp3) is 0.177. The molecule has 1 aliphatic carbocycles. The lowest BCUT2D eigenvalue weighted by molar-refractivity contribution is 0.332. The summed E-state index contributed by atoms with van der Waals surface area (Å²) in [5.74, 6) is 0.965. The van der Waals surface area contributed by atoms with Crippen LogP contribution in [0.15, 0.2) is 242 Å². The maximum atomic E-state index is 10.6. The van der Waals surface area contributed by atoms with E-state index in [9.17, 15) is 11.0 Å². The Morgan fingerprint density at radius 2 is 1.13 bits per heavy atom. The van der Waals surface area contributed by atoms with Gasteiger partial charge in [-0.05, 0) is 176 Å². The smallest absolute Gasteiger partial charge is 0.137 e. The lowest BCUT2D eigenvalue weighted by Crippen LogP contribution is -2.33. The number of nitrogens with zero attached hydrogens (tertiary/aromatic N) is 4. The average molecular weight is 1110 g/mol. The summed E-state index contributed by atoms with van der Waals surface area (Å²) >= 11 is 0. The van der Waals surface area contributed by atoms with Crippen LogP contribution in [0.2, 0.25) is 0 Å². The lowest BCUT2D eigenvalue weighted by Gasteiger charge is -2.42. The van der Waals surface area contributed by atoms with E-state index in [4.69, 9.17) is 24.8 Å². The largest absolute Gasteiger partial charge is 0.457 e. The Kier molecular flexibility index (Phi) is 8.65. The van der Waals surface area contributed by atoms with Crippen molar-refractivity contribution >= 4 is 44.6 Å². The second kappa shape index (κ2) is 20.5. The van der Waals surface area contributed by atoms with Crippen LogP contribution in [0.5, 0.6) is 11.5 Å². The standard InChI is InChI=1S/C79H70N4O/c1-52-41-75(80-50-68(52)55-27-16-11-17-28-55)83-71-32-19-18-31-64(71)65-37-36-63(49-74(65)83)84-62-30-22-29-61(48-62)81-51-82(73-34-21-20-33-72(73)81)76-66(56-35-38-69-70(45-56)79(7,8)40-39-78(69,5)6)46-60(77(2,3)4)47-67(76)59-43-57(53-23-12-9-13-24-53)42-58(44-59)54-25-14-10-15-26-54/h9-38,41-50H,39-40,51H2,1-8H3/i1D3,9D,11D,12D,13D,16D,17D,23D,24D,27D,28D,35D,38D,42D,43D,44D,45D. The van der Waals surface area contributed by atoms with E-state index in [1.165, 1.54) is 12.3 Å². The molecule has 0 fully saturated rings. The number of aromatic nitrogens is 2. The summed E-state index contributed by atoms with van der Waals surface area (Å²) in [6, 6.07) is 34.5. The molecule has 0 amide bonds. The predicted molar refractivity (Wildman–Crippen MR) is 353 cm³/mol. The summed E-state index contributed by atoms with van der Waals surface area (Å²) in [6.45, 7) is 11.4. The molecule has 2 aromatic heterocycles. The third-order valence-corrected chi connectivity index (χ3v) is 16.5. The van der Waals surface area contributed by atoms with Crippen molar-refractivity contribution in [3.63, 3.8) is 0 Å². The van der Waals surface area contributed by atoms with Crippen molar-refractivity contribution in [2.75, 3.05) is 16.5 Å². The monoisotopic (exact) mass is 1110 g/mol. The molecule has 412 valence electrons. The Balaban J connectivity index is 0.970. The lowest BCUT2D eigenvalue weighted by atomic mass is 9.63. The zero-order valence-electron chi connectivity index (χ0n) is 66.7. The second-order valence-electron chi connectivity index (χ2n) is 24.0. The van der Waals surface area contributed by atoms with Crippen LogP contribution in [0, 0.1) is 6.85 Å². The minimum Gasteiger partial charge on any atom is -0.457 e. The first-order valence-electron chi connectivity index (χ1n) is 37.7. The Bertz CT molecular complexity index is 5540. The van der Waals surface area contributed by atoms with Crippen LogP contribution in [-0.2, 0) is 16.2 Å². The maximum Gasteiger partial charge on any atom is 0.137 e. The van der Waals surface area contributed by atoms with Crippen LogP contribution in [0.3, 0.4) is 0 Å². The first kappa shape index (κ1) is 35.5. The number of ether oxygens (including phenoxy) is 1. The molecule has 0 atom stereocenters. The van der Waals surface area contributed by atoms with E-state index < -0.39 is 95.6 Å². The third kappa shape index (κ3) is 9.42. The van der Waals surface area contributed by atoms with Crippen LogP contribution in [0.1, 0.15) is 110 Å². The number of para-hydroxylation sites is 3. The van der Waals surface area contributed by atoms with Crippen molar-refractivity contribution < 1.29 is 30.8 Å². The van der Waals surface area contributed by atoms with E-state index in [1.54, 1.807) is 41.0 Å². The Hall–Kier alpha value is -9.45.